The third-order valence-electron chi connectivity index (χ3n) is 10.2. The first kappa shape index (κ1) is 28.9. The van der Waals surface area contributed by atoms with Crippen LogP contribution in [0.4, 0.5) is 5.69 Å². The average molecular weight is 590 g/mol. The van der Waals surface area contributed by atoms with Gasteiger partial charge in [0, 0.05) is 22.8 Å². The summed E-state index contributed by atoms with van der Waals surface area (Å²) in [5, 5.41) is 6.79. The van der Waals surface area contributed by atoms with Crippen molar-refractivity contribution < 1.29 is 19.1 Å². The first-order valence-electron chi connectivity index (χ1n) is 15.3. The molecule has 2 N–H and O–H groups in total. The van der Waals surface area contributed by atoms with Crippen LogP contribution in [0.25, 0.3) is 0 Å². The van der Waals surface area contributed by atoms with E-state index in [1.807, 2.05) is 37.3 Å². The Bertz CT molecular complexity index is 1380. The monoisotopic (exact) mass is 589 g/mol. The van der Waals surface area contributed by atoms with E-state index in [0.717, 1.165) is 25.7 Å². The zero-order valence-corrected chi connectivity index (χ0v) is 25.2. The normalized spacial score (nSPS) is 33.9. The summed E-state index contributed by atoms with van der Waals surface area (Å²) in [5.41, 5.74) is 0.546. The molecular weight excluding hydrogens is 550 g/mol. The minimum atomic E-state index is -1.19. The Morgan fingerprint density at radius 1 is 1.10 bits per heavy atom. The van der Waals surface area contributed by atoms with E-state index in [9.17, 15) is 14.4 Å². The molecule has 6 rings (SSSR count). The van der Waals surface area contributed by atoms with Crippen molar-refractivity contribution >= 4 is 35.0 Å². The molecule has 8 heteroatoms. The van der Waals surface area contributed by atoms with E-state index in [-0.39, 0.29) is 29.8 Å². The fourth-order valence-electron chi connectivity index (χ4n) is 7.68. The van der Waals surface area contributed by atoms with Crippen LogP contribution >= 0.6 is 11.6 Å². The number of anilines is 1. The van der Waals surface area contributed by atoms with Gasteiger partial charge >= 0.3 is 0 Å². The van der Waals surface area contributed by atoms with Gasteiger partial charge in [-0.15, -0.1) is 0 Å². The molecule has 3 aliphatic heterocycles. The molecule has 7 unspecified atom stereocenters. The largest absolute Gasteiger partial charge is 0.359 e. The number of benzene rings is 2. The second kappa shape index (κ2) is 11.5. The Morgan fingerprint density at radius 2 is 1.88 bits per heavy atom. The molecular formula is C34H40ClN3O4. The number of amides is 3. The molecule has 1 saturated carbocycles. The maximum atomic E-state index is 14.4. The van der Waals surface area contributed by atoms with Crippen molar-refractivity contribution in [3.05, 3.63) is 77.3 Å². The number of carbonyl (C=O) groups excluding carboxylic acids is 3. The second-order valence-corrected chi connectivity index (χ2v) is 13.1. The van der Waals surface area contributed by atoms with Crippen LogP contribution in [-0.4, -0.2) is 52.5 Å². The summed E-state index contributed by atoms with van der Waals surface area (Å²) in [6.07, 6.45) is 7.75. The van der Waals surface area contributed by atoms with Gasteiger partial charge in [-0.25, -0.2) is 0 Å². The Labute approximate surface area is 253 Å². The topological polar surface area (TPSA) is 87.7 Å². The van der Waals surface area contributed by atoms with E-state index in [2.05, 4.69) is 36.6 Å². The SMILES string of the molecule is CC1CCCC(NC(=O)C2N(C(C)CCc3ccccc3)C(=O)[C@@H]3C(C(=O)Nc4cccc(Cl)c4)[C@@H]4C=CC23O4)C1C. The maximum absolute atomic E-state index is 14.4. The summed E-state index contributed by atoms with van der Waals surface area (Å²) in [6.45, 7) is 6.44. The molecule has 222 valence electrons. The Morgan fingerprint density at radius 3 is 2.64 bits per heavy atom. The smallest absolute Gasteiger partial charge is 0.246 e. The van der Waals surface area contributed by atoms with Gasteiger partial charge in [-0.05, 0) is 61.8 Å². The third-order valence-corrected chi connectivity index (χ3v) is 10.4. The van der Waals surface area contributed by atoms with E-state index in [0.29, 0.717) is 29.0 Å². The van der Waals surface area contributed by atoms with Crippen LogP contribution in [0.1, 0.15) is 52.0 Å². The van der Waals surface area contributed by atoms with Crippen molar-refractivity contribution in [2.24, 2.45) is 23.7 Å². The Balaban J connectivity index is 1.30. The van der Waals surface area contributed by atoms with Crippen LogP contribution in [0.5, 0.6) is 0 Å². The minimum Gasteiger partial charge on any atom is -0.359 e. The van der Waals surface area contributed by atoms with Crippen LogP contribution in [0.2, 0.25) is 5.02 Å². The lowest BCUT2D eigenvalue weighted by Gasteiger charge is -2.39. The third kappa shape index (κ3) is 5.05. The molecule has 3 heterocycles. The van der Waals surface area contributed by atoms with Gasteiger partial charge in [0.05, 0.1) is 17.9 Å². The standard InChI is InChI=1S/C34H40ClN3O4/c1-20-9-7-14-26(22(20)3)37-32(40)30-34-18-17-27(42-34)28(31(39)36-25-13-8-12-24(35)19-25)29(34)33(41)38(30)21(2)15-16-23-10-5-4-6-11-23/h4-6,8,10-13,17-22,26-30H,7,9,14-16H2,1-3H3,(H,36,39)(H,37,40)/t20?,21?,22?,26?,27-,28?,29-,30?,34?/m0/s1. The number of carbonyl (C=O) groups is 3. The zero-order chi connectivity index (χ0) is 29.6. The van der Waals surface area contributed by atoms with Crippen molar-refractivity contribution in [1.29, 1.82) is 0 Å². The fraction of sp³-hybridized carbons (Fsp3) is 0.500. The molecule has 1 spiro atoms. The number of halogens is 1. The van der Waals surface area contributed by atoms with Crippen LogP contribution in [0.3, 0.4) is 0 Å². The van der Waals surface area contributed by atoms with E-state index >= 15 is 0 Å². The van der Waals surface area contributed by atoms with Crippen molar-refractivity contribution in [3.63, 3.8) is 0 Å². The predicted molar refractivity (Wildman–Crippen MR) is 163 cm³/mol. The molecule has 1 aliphatic carbocycles. The molecule has 3 amide bonds. The van der Waals surface area contributed by atoms with Crippen molar-refractivity contribution in [2.45, 2.75) is 82.7 Å². The highest BCUT2D eigenvalue weighted by atomic mass is 35.5. The molecule has 2 bridgehead atoms. The average Bonchev–Trinajstić information content (AvgIpc) is 3.62. The maximum Gasteiger partial charge on any atom is 0.246 e. The summed E-state index contributed by atoms with van der Waals surface area (Å²) >= 11 is 6.15. The second-order valence-electron chi connectivity index (χ2n) is 12.7. The van der Waals surface area contributed by atoms with Crippen LogP contribution in [-0.2, 0) is 25.5 Å². The number of nitrogens with zero attached hydrogens (tertiary/aromatic N) is 1. The molecule has 42 heavy (non-hydrogen) atoms. The van der Waals surface area contributed by atoms with Crippen molar-refractivity contribution in [2.75, 3.05) is 5.32 Å². The molecule has 2 saturated heterocycles. The summed E-state index contributed by atoms with van der Waals surface area (Å²) in [7, 11) is 0. The van der Waals surface area contributed by atoms with E-state index in [4.69, 9.17) is 16.3 Å². The van der Waals surface area contributed by atoms with Gasteiger partial charge < -0.3 is 20.3 Å². The van der Waals surface area contributed by atoms with Gasteiger partial charge in [0.2, 0.25) is 17.7 Å². The van der Waals surface area contributed by atoms with Gasteiger partial charge in [0.25, 0.3) is 0 Å². The lowest BCUT2D eigenvalue weighted by atomic mass is 9.73. The highest BCUT2D eigenvalue weighted by Crippen LogP contribution is 2.56. The molecule has 3 fully saturated rings. The summed E-state index contributed by atoms with van der Waals surface area (Å²) in [6, 6.07) is 16.0. The number of hydrogen-bond donors (Lipinski definition) is 2. The first-order valence-corrected chi connectivity index (χ1v) is 15.7. The van der Waals surface area contributed by atoms with E-state index in [1.54, 1.807) is 29.2 Å². The quantitative estimate of drug-likeness (QED) is 0.404. The number of ether oxygens (including phenoxy) is 1. The van der Waals surface area contributed by atoms with Gasteiger partial charge in [-0.2, -0.15) is 0 Å². The molecule has 0 radical (unpaired) electrons. The molecule has 2 aromatic rings. The van der Waals surface area contributed by atoms with Gasteiger partial charge in [0.15, 0.2) is 0 Å². The molecule has 4 aliphatic rings. The number of likely N-dealkylation sites (tertiary alicyclic amines) is 1. The highest BCUT2D eigenvalue weighted by molar-refractivity contribution is 6.30. The van der Waals surface area contributed by atoms with Gasteiger partial charge in [-0.1, -0.05) is 86.8 Å². The van der Waals surface area contributed by atoms with Crippen molar-refractivity contribution in [3.8, 4) is 0 Å². The van der Waals surface area contributed by atoms with Crippen LogP contribution in [0, 0.1) is 23.7 Å². The van der Waals surface area contributed by atoms with E-state index in [1.165, 1.54) is 5.56 Å². The summed E-state index contributed by atoms with van der Waals surface area (Å²) in [4.78, 5) is 44.1. The lowest BCUT2D eigenvalue weighted by molar-refractivity contribution is -0.144. The number of nitrogens with one attached hydrogen (secondary N) is 2. The van der Waals surface area contributed by atoms with Gasteiger partial charge in [0.1, 0.15) is 11.6 Å². The summed E-state index contributed by atoms with van der Waals surface area (Å²) < 4.78 is 6.54. The highest BCUT2D eigenvalue weighted by Gasteiger charge is 2.73. The number of fused-ring (bicyclic) bond motifs is 1. The van der Waals surface area contributed by atoms with Gasteiger partial charge in [-0.3, -0.25) is 14.4 Å². The molecule has 0 aromatic heterocycles. The fourth-order valence-corrected chi connectivity index (χ4v) is 7.87. The number of hydrogen-bond acceptors (Lipinski definition) is 4. The minimum absolute atomic E-state index is 0.0396. The van der Waals surface area contributed by atoms with Crippen LogP contribution in [0.15, 0.2) is 66.7 Å². The molecule has 7 nitrogen and oxygen atoms in total. The zero-order valence-electron chi connectivity index (χ0n) is 24.5. The number of aryl methyl sites for hydroxylation is 1. The Hall–Kier alpha value is -3.16. The molecule has 2 aromatic carbocycles. The van der Waals surface area contributed by atoms with Crippen LogP contribution < -0.4 is 10.6 Å². The molecule has 9 atom stereocenters. The Kier molecular flexibility index (Phi) is 7.92. The van der Waals surface area contributed by atoms with E-state index < -0.39 is 29.6 Å². The summed E-state index contributed by atoms with van der Waals surface area (Å²) in [5.74, 6) is -1.38. The lowest BCUT2D eigenvalue weighted by Crippen LogP contribution is -2.59. The number of rotatable bonds is 8. The first-order chi connectivity index (χ1) is 20.2. The predicted octanol–water partition coefficient (Wildman–Crippen LogP) is 5.39. The van der Waals surface area contributed by atoms with Crippen molar-refractivity contribution in [1.82, 2.24) is 10.2 Å².